The zero-order chi connectivity index (χ0) is 20.6. The first-order valence-corrected chi connectivity index (χ1v) is 9.86. The van der Waals surface area contributed by atoms with Crippen LogP contribution in [0.25, 0.3) is 0 Å². The highest BCUT2D eigenvalue weighted by Gasteiger charge is 2.14. The Bertz CT molecular complexity index is 988. The van der Waals surface area contributed by atoms with E-state index < -0.39 is 5.97 Å². The van der Waals surface area contributed by atoms with E-state index >= 15 is 0 Å². The first-order chi connectivity index (χ1) is 14.0. The summed E-state index contributed by atoms with van der Waals surface area (Å²) in [7, 11) is 0. The molecule has 0 heterocycles. The summed E-state index contributed by atoms with van der Waals surface area (Å²) in [5.41, 5.74) is 2.44. The molecule has 4 nitrogen and oxygen atoms in total. The molecule has 150 valence electrons. The first kappa shape index (κ1) is 21.0. The van der Waals surface area contributed by atoms with Crippen molar-refractivity contribution in [1.82, 2.24) is 0 Å². The van der Waals surface area contributed by atoms with Crippen LogP contribution in [0, 0.1) is 0 Å². The second kappa shape index (κ2) is 10.2. The van der Waals surface area contributed by atoms with Crippen LogP contribution >= 0.6 is 23.2 Å². The van der Waals surface area contributed by atoms with E-state index in [0.29, 0.717) is 28.0 Å². The molecule has 1 N–H and O–H groups in total. The molecular weight excluding hydrogens is 411 g/mol. The standard InChI is InChI=1S/C23H20Cl2O4/c24-19-9-3-1-6-17(19)14-28-21-11-5-8-16(12-13-22(26)27)23(21)29-15-18-7-2-4-10-20(18)25/h1-11H,12-15H2,(H,26,27). The van der Waals surface area contributed by atoms with Gasteiger partial charge in [0.15, 0.2) is 11.5 Å². The zero-order valence-electron chi connectivity index (χ0n) is 15.6. The largest absolute Gasteiger partial charge is 0.485 e. The van der Waals surface area contributed by atoms with Gasteiger partial charge in [0.1, 0.15) is 13.2 Å². The monoisotopic (exact) mass is 430 g/mol. The summed E-state index contributed by atoms with van der Waals surface area (Å²) >= 11 is 12.4. The molecule has 0 amide bonds. The summed E-state index contributed by atoms with van der Waals surface area (Å²) in [4.78, 5) is 11.0. The molecule has 0 saturated heterocycles. The molecule has 0 radical (unpaired) electrons. The van der Waals surface area contributed by atoms with Crippen molar-refractivity contribution in [2.75, 3.05) is 0 Å². The van der Waals surface area contributed by atoms with Crippen LogP contribution in [0.15, 0.2) is 66.7 Å². The van der Waals surface area contributed by atoms with Crippen LogP contribution in [-0.2, 0) is 24.4 Å². The SMILES string of the molecule is O=C(O)CCc1cccc(OCc2ccccc2Cl)c1OCc1ccccc1Cl. The highest BCUT2D eigenvalue weighted by atomic mass is 35.5. The molecule has 0 aliphatic carbocycles. The molecule has 0 saturated carbocycles. The van der Waals surface area contributed by atoms with Gasteiger partial charge >= 0.3 is 5.97 Å². The minimum Gasteiger partial charge on any atom is -0.485 e. The fourth-order valence-corrected chi connectivity index (χ4v) is 3.19. The van der Waals surface area contributed by atoms with Crippen LogP contribution in [0.3, 0.4) is 0 Å². The number of para-hydroxylation sites is 1. The smallest absolute Gasteiger partial charge is 0.303 e. The van der Waals surface area contributed by atoms with E-state index in [4.69, 9.17) is 37.8 Å². The minimum atomic E-state index is -0.871. The lowest BCUT2D eigenvalue weighted by atomic mass is 10.1. The molecule has 0 aliphatic heterocycles. The molecule has 0 aliphatic rings. The second-order valence-corrected chi connectivity index (χ2v) is 7.21. The second-order valence-electron chi connectivity index (χ2n) is 6.40. The Labute approximate surface area is 179 Å². The third kappa shape index (κ3) is 5.89. The van der Waals surface area contributed by atoms with E-state index in [-0.39, 0.29) is 19.6 Å². The molecule has 3 aromatic carbocycles. The molecule has 0 fully saturated rings. The molecule has 3 aromatic rings. The van der Waals surface area contributed by atoms with Crippen LogP contribution < -0.4 is 9.47 Å². The number of rotatable bonds is 9. The fourth-order valence-electron chi connectivity index (χ4n) is 2.81. The summed E-state index contributed by atoms with van der Waals surface area (Å²) in [6, 6.07) is 20.3. The summed E-state index contributed by atoms with van der Waals surface area (Å²) in [6.07, 6.45) is 0.326. The lowest BCUT2D eigenvalue weighted by molar-refractivity contribution is -0.136. The van der Waals surface area contributed by atoms with E-state index in [1.807, 2.05) is 48.5 Å². The highest BCUT2D eigenvalue weighted by molar-refractivity contribution is 6.31. The highest BCUT2D eigenvalue weighted by Crippen LogP contribution is 2.34. The van der Waals surface area contributed by atoms with Crippen LogP contribution in [0.1, 0.15) is 23.1 Å². The topological polar surface area (TPSA) is 55.8 Å². The van der Waals surface area contributed by atoms with Crippen molar-refractivity contribution < 1.29 is 19.4 Å². The summed E-state index contributed by atoms with van der Waals surface area (Å²) in [5.74, 6) is 0.171. The van der Waals surface area contributed by atoms with Crippen molar-refractivity contribution in [1.29, 1.82) is 0 Å². The van der Waals surface area contributed by atoms with Crippen LogP contribution in [0.4, 0.5) is 0 Å². The van der Waals surface area contributed by atoms with Crippen molar-refractivity contribution in [3.63, 3.8) is 0 Å². The van der Waals surface area contributed by atoms with E-state index in [9.17, 15) is 4.79 Å². The lowest BCUT2D eigenvalue weighted by Crippen LogP contribution is -2.05. The van der Waals surface area contributed by atoms with Crippen LogP contribution in [0.5, 0.6) is 11.5 Å². The maximum absolute atomic E-state index is 11.0. The van der Waals surface area contributed by atoms with Gasteiger partial charge in [-0.05, 0) is 30.2 Å². The van der Waals surface area contributed by atoms with Crippen molar-refractivity contribution in [3.05, 3.63) is 93.5 Å². The average Bonchev–Trinajstić information content (AvgIpc) is 2.71. The maximum Gasteiger partial charge on any atom is 0.303 e. The molecule has 0 spiro atoms. The van der Waals surface area contributed by atoms with Gasteiger partial charge in [-0.15, -0.1) is 0 Å². The van der Waals surface area contributed by atoms with Crippen molar-refractivity contribution in [2.45, 2.75) is 26.1 Å². The van der Waals surface area contributed by atoms with Crippen molar-refractivity contribution in [3.8, 4) is 11.5 Å². The summed E-state index contributed by atoms with van der Waals surface area (Å²) in [6.45, 7) is 0.511. The van der Waals surface area contributed by atoms with Crippen molar-refractivity contribution >= 4 is 29.2 Å². The molecule has 6 heteroatoms. The summed E-state index contributed by atoms with van der Waals surface area (Å²) in [5, 5.41) is 10.3. The van der Waals surface area contributed by atoms with Crippen LogP contribution in [-0.4, -0.2) is 11.1 Å². The number of carbonyl (C=O) groups is 1. The van der Waals surface area contributed by atoms with Gasteiger partial charge in [0, 0.05) is 27.6 Å². The average molecular weight is 431 g/mol. The molecular formula is C23H20Cl2O4. The number of benzene rings is 3. The molecule has 0 aromatic heterocycles. The third-order valence-corrected chi connectivity index (χ3v) is 5.08. The van der Waals surface area contributed by atoms with E-state index in [2.05, 4.69) is 0 Å². The Morgan fingerprint density at radius 3 is 1.90 bits per heavy atom. The maximum atomic E-state index is 11.0. The number of halogens is 2. The number of hydrogen-bond acceptors (Lipinski definition) is 3. The van der Waals surface area contributed by atoms with Gasteiger partial charge in [-0.1, -0.05) is 71.7 Å². The Morgan fingerprint density at radius 1 is 0.759 bits per heavy atom. The minimum absolute atomic E-state index is 0.00355. The Morgan fingerprint density at radius 2 is 1.31 bits per heavy atom. The van der Waals surface area contributed by atoms with Gasteiger partial charge in [0.2, 0.25) is 0 Å². The molecule has 0 atom stereocenters. The number of aliphatic carboxylic acids is 1. The molecule has 0 unspecified atom stereocenters. The van der Waals surface area contributed by atoms with Gasteiger partial charge in [-0.3, -0.25) is 4.79 Å². The fraction of sp³-hybridized carbons (Fsp3) is 0.174. The number of carboxylic acids is 1. The number of carboxylic acid groups (broad SMARTS) is 1. The lowest BCUT2D eigenvalue weighted by Gasteiger charge is -2.17. The van der Waals surface area contributed by atoms with Gasteiger partial charge in [0.25, 0.3) is 0 Å². The normalized spacial score (nSPS) is 10.6. The number of aryl methyl sites for hydroxylation is 1. The quantitative estimate of drug-likeness (QED) is 0.440. The number of ether oxygens (including phenoxy) is 2. The van der Waals surface area contributed by atoms with E-state index in [1.165, 1.54) is 0 Å². The number of hydrogen-bond donors (Lipinski definition) is 1. The van der Waals surface area contributed by atoms with Gasteiger partial charge in [0.05, 0.1) is 0 Å². The first-order valence-electron chi connectivity index (χ1n) is 9.10. The van der Waals surface area contributed by atoms with Gasteiger partial charge < -0.3 is 14.6 Å². The molecule has 29 heavy (non-hydrogen) atoms. The predicted molar refractivity (Wildman–Crippen MR) is 114 cm³/mol. The zero-order valence-corrected chi connectivity index (χ0v) is 17.1. The Hall–Kier alpha value is -2.69. The van der Waals surface area contributed by atoms with E-state index in [1.54, 1.807) is 18.2 Å². The van der Waals surface area contributed by atoms with E-state index in [0.717, 1.165) is 16.7 Å². The summed E-state index contributed by atoms with van der Waals surface area (Å²) < 4.78 is 12.0. The third-order valence-electron chi connectivity index (χ3n) is 4.34. The predicted octanol–water partition coefficient (Wildman–Crippen LogP) is 6.17. The Kier molecular flexibility index (Phi) is 7.39. The molecule has 3 rings (SSSR count). The molecule has 0 bridgehead atoms. The Balaban J connectivity index is 1.83. The van der Waals surface area contributed by atoms with Gasteiger partial charge in [-0.2, -0.15) is 0 Å². The van der Waals surface area contributed by atoms with Crippen LogP contribution in [0.2, 0.25) is 10.0 Å². The van der Waals surface area contributed by atoms with Gasteiger partial charge in [-0.25, -0.2) is 0 Å². The van der Waals surface area contributed by atoms with Crippen molar-refractivity contribution in [2.24, 2.45) is 0 Å².